The Morgan fingerprint density at radius 1 is 1.38 bits per heavy atom. The molecule has 108 valence electrons. The number of aryl methyl sites for hydroxylation is 1. The lowest BCUT2D eigenvalue weighted by Gasteiger charge is -2.08. The van der Waals surface area contributed by atoms with Crippen molar-refractivity contribution in [2.75, 3.05) is 5.73 Å². The maximum atomic E-state index is 12.2. The lowest BCUT2D eigenvalue weighted by molar-refractivity contribution is 0.580. The van der Waals surface area contributed by atoms with Crippen LogP contribution >= 0.6 is 0 Å². The smallest absolute Gasteiger partial charge is 0.242 e. The van der Waals surface area contributed by atoms with Gasteiger partial charge in [-0.3, -0.25) is 0 Å². The van der Waals surface area contributed by atoms with Gasteiger partial charge in [0.15, 0.2) is 0 Å². The van der Waals surface area contributed by atoms with E-state index in [9.17, 15) is 8.42 Å². The normalized spacial score (nSPS) is 11.0. The Kier molecular flexibility index (Phi) is 4.16. The highest BCUT2D eigenvalue weighted by Crippen LogP contribution is 2.18. The standard InChI is InChI=1S/C13H13N5O2S/c1-9-16-5-4-12(18-9)8-17-21(19,20)13-3-2-11(15)6-10(13)7-14/h2-6,17H,8,15H2,1H3. The van der Waals surface area contributed by atoms with Crippen molar-refractivity contribution >= 4 is 15.7 Å². The fourth-order valence-electron chi connectivity index (χ4n) is 1.72. The van der Waals surface area contributed by atoms with Crippen molar-refractivity contribution < 1.29 is 8.42 Å². The Hall–Kier alpha value is -2.50. The molecule has 7 nitrogen and oxygen atoms in total. The molecule has 0 fully saturated rings. The van der Waals surface area contributed by atoms with E-state index in [1.54, 1.807) is 19.2 Å². The van der Waals surface area contributed by atoms with Crippen LogP contribution in [0.5, 0.6) is 0 Å². The van der Waals surface area contributed by atoms with Crippen molar-refractivity contribution in [2.45, 2.75) is 18.4 Å². The second-order valence-corrected chi connectivity index (χ2v) is 6.02. The van der Waals surface area contributed by atoms with Gasteiger partial charge in [0.1, 0.15) is 11.9 Å². The third-order valence-corrected chi connectivity index (χ3v) is 4.15. The summed E-state index contributed by atoms with van der Waals surface area (Å²) in [6.45, 7) is 1.73. The number of benzene rings is 1. The summed E-state index contributed by atoms with van der Waals surface area (Å²) < 4.78 is 26.9. The summed E-state index contributed by atoms with van der Waals surface area (Å²) in [5, 5.41) is 9.01. The van der Waals surface area contributed by atoms with E-state index in [4.69, 9.17) is 11.0 Å². The molecule has 0 atom stereocenters. The molecule has 0 aliphatic carbocycles. The molecule has 0 saturated heterocycles. The average Bonchev–Trinajstić information content (AvgIpc) is 2.45. The first-order chi connectivity index (χ1) is 9.92. The van der Waals surface area contributed by atoms with Gasteiger partial charge >= 0.3 is 0 Å². The molecule has 1 aromatic heterocycles. The van der Waals surface area contributed by atoms with Crippen molar-refractivity contribution in [1.29, 1.82) is 5.26 Å². The van der Waals surface area contributed by atoms with E-state index in [0.717, 1.165) is 0 Å². The molecule has 0 unspecified atom stereocenters. The molecule has 0 spiro atoms. The fourth-order valence-corrected chi connectivity index (χ4v) is 2.85. The topological polar surface area (TPSA) is 122 Å². The number of hydrogen-bond donors (Lipinski definition) is 2. The first-order valence-electron chi connectivity index (χ1n) is 6.00. The highest BCUT2D eigenvalue weighted by molar-refractivity contribution is 7.89. The van der Waals surface area contributed by atoms with Gasteiger partial charge in [0.2, 0.25) is 10.0 Å². The lowest BCUT2D eigenvalue weighted by atomic mass is 10.2. The van der Waals surface area contributed by atoms with E-state index in [-0.39, 0.29) is 17.0 Å². The molecule has 0 aliphatic heterocycles. The van der Waals surface area contributed by atoms with Crippen LogP contribution in [0.4, 0.5) is 5.69 Å². The van der Waals surface area contributed by atoms with Crippen molar-refractivity contribution in [2.24, 2.45) is 0 Å². The van der Waals surface area contributed by atoms with Crippen molar-refractivity contribution in [3.63, 3.8) is 0 Å². The Morgan fingerprint density at radius 3 is 2.81 bits per heavy atom. The average molecular weight is 303 g/mol. The minimum Gasteiger partial charge on any atom is -0.399 e. The van der Waals surface area contributed by atoms with Gasteiger partial charge in [0, 0.05) is 11.9 Å². The van der Waals surface area contributed by atoms with Gasteiger partial charge < -0.3 is 5.73 Å². The number of rotatable bonds is 4. The van der Waals surface area contributed by atoms with E-state index in [2.05, 4.69) is 14.7 Å². The molecule has 21 heavy (non-hydrogen) atoms. The van der Waals surface area contributed by atoms with Gasteiger partial charge in [-0.2, -0.15) is 5.26 Å². The van der Waals surface area contributed by atoms with Crippen LogP contribution in [0.25, 0.3) is 0 Å². The van der Waals surface area contributed by atoms with Gasteiger partial charge in [0.05, 0.1) is 22.7 Å². The molecular formula is C13H13N5O2S. The summed E-state index contributed by atoms with van der Waals surface area (Å²) in [5.41, 5.74) is 6.42. The fraction of sp³-hybridized carbons (Fsp3) is 0.154. The number of nitrogens with two attached hydrogens (primary N) is 1. The summed E-state index contributed by atoms with van der Waals surface area (Å²) in [5.74, 6) is 0.553. The van der Waals surface area contributed by atoms with Crippen LogP contribution in [-0.4, -0.2) is 18.4 Å². The molecular weight excluding hydrogens is 290 g/mol. The number of hydrogen-bond acceptors (Lipinski definition) is 6. The highest BCUT2D eigenvalue weighted by Gasteiger charge is 2.18. The third-order valence-electron chi connectivity index (χ3n) is 2.69. The van der Waals surface area contributed by atoms with E-state index in [0.29, 0.717) is 17.2 Å². The molecule has 8 heteroatoms. The molecule has 0 aliphatic rings. The SMILES string of the molecule is Cc1nccc(CNS(=O)(=O)c2ccc(N)cc2C#N)n1. The van der Waals surface area contributed by atoms with E-state index < -0.39 is 10.0 Å². The van der Waals surface area contributed by atoms with Gasteiger partial charge in [-0.05, 0) is 31.2 Å². The zero-order valence-corrected chi connectivity index (χ0v) is 12.1. The number of nitrogens with zero attached hydrogens (tertiary/aromatic N) is 3. The molecule has 0 amide bonds. The van der Waals surface area contributed by atoms with E-state index in [1.165, 1.54) is 18.2 Å². The van der Waals surface area contributed by atoms with E-state index >= 15 is 0 Å². The van der Waals surface area contributed by atoms with Crippen molar-refractivity contribution in [3.05, 3.63) is 47.5 Å². The largest absolute Gasteiger partial charge is 0.399 e. The van der Waals surface area contributed by atoms with Crippen LogP contribution in [0.2, 0.25) is 0 Å². The molecule has 0 bridgehead atoms. The Bertz CT molecular complexity index is 812. The van der Waals surface area contributed by atoms with Gasteiger partial charge in [0.25, 0.3) is 0 Å². The Labute approximate surface area is 122 Å². The second-order valence-electron chi connectivity index (χ2n) is 4.29. The van der Waals surface area contributed by atoms with Crippen molar-refractivity contribution in [3.8, 4) is 6.07 Å². The number of nitriles is 1. The molecule has 3 N–H and O–H groups in total. The zero-order valence-electron chi connectivity index (χ0n) is 11.2. The third kappa shape index (κ3) is 3.53. The monoisotopic (exact) mass is 303 g/mol. The second kappa shape index (κ2) is 5.87. The summed E-state index contributed by atoms with van der Waals surface area (Å²) in [4.78, 5) is 7.93. The summed E-state index contributed by atoms with van der Waals surface area (Å²) in [6, 6.07) is 7.50. The minimum atomic E-state index is -3.82. The minimum absolute atomic E-state index is 0.00127. The van der Waals surface area contributed by atoms with E-state index in [1.807, 2.05) is 6.07 Å². The van der Waals surface area contributed by atoms with Crippen LogP contribution in [0.15, 0.2) is 35.4 Å². The first kappa shape index (κ1) is 14.9. The van der Waals surface area contributed by atoms with Gasteiger partial charge in [-0.1, -0.05) is 0 Å². The molecule has 0 radical (unpaired) electrons. The van der Waals surface area contributed by atoms with Gasteiger partial charge in [-0.25, -0.2) is 23.1 Å². The molecule has 1 aromatic carbocycles. The predicted octanol–water partition coefficient (Wildman–Crippen LogP) is 0.717. The predicted molar refractivity (Wildman–Crippen MR) is 76.4 cm³/mol. The maximum absolute atomic E-state index is 12.2. The van der Waals surface area contributed by atoms with Crippen molar-refractivity contribution in [1.82, 2.24) is 14.7 Å². The molecule has 0 saturated carbocycles. The quantitative estimate of drug-likeness (QED) is 0.802. The number of sulfonamides is 1. The molecule has 2 rings (SSSR count). The Morgan fingerprint density at radius 2 is 2.14 bits per heavy atom. The number of nitrogen functional groups attached to an aromatic ring is 1. The summed E-state index contributed by atoms with van der Waals surface area (Å²) in [6.07, 6.45) is 1.55. The summed E-state index contributed by atoms with van der Waals surface area (Å²) in [7, 11) is -3.82. The van der Waals surface area contributed by atoms with Crippen LogP contribution in [-0.2, 0) is 16.6 Å². The number of anilines is 1. The Balaban J connectivity index is 2.25. The zero-order chi connectivity index (χ0) is 15.5. The van der Waals surface area contributed by atoms with Crippen LogP contribution in [0, 0.1) is 18.3 Å². The molecule has 1 heterocycles. The lowest BCUT2D eigenvalue weighted by Crippen LogP contribution is -2.24. The summed E-state index contributed by atoms with van der Waals surface area (Å²) >= 11 is 0. The van der Waals surface area contributed by atoms with Crippen LogP contribution in [0.1, 0.15) is 17.1 Å². The maximum Gasteiger partial charge on any atom is 0.242 e. The first-order valence-corrected chi connectivity index (χ1v) is 7.48. The molecule has 2 aromatic rings. The highest BCUT2D eigenvalue weighted by atomic mass is 32.2. The van der Waals surface area contributed by atoms with Crippen LogP contribution in [0.3, 0.4) is 0 Å². The van der Waals surface area contributed by atoms with Gasteiger partial charge in [-0.15, -0.1) is 0 Å². The number of nitrogens with one attached hydrogen (secondary N) is 1. The van der Waals surface area contributed by atoms with Crippen LogP contribution < -0.4 is 10.5 Å². The number of aromatic nitrogens is 2.